The van der Waals surface area contributed by atoms with E-state index in [0.29, 0.717) is 17.2 Å². The van der Waals surface area contributed by atoms with Crippen LogP contribution >= 0.6 is 0 Å². The molecule has 6 heteroatoms. The molecule has 2 rings (SSSR count). The third-order valence-corrected chi connectivity index (χ3v) is 2.49. The molecule has 0 fully saturated rings. The van der Waals surface area contributed by atoms with Crippen molar-refractivity contribution < 1.29 is 24.1 Å². The van der Waals surface area contributed by atoms with Gasteiger partial charge in [-0.1, -0.05) is 0 Å². The van der Waals surface area contributed by atoms with E-state index >= 15 is 0 Å². The van der Waals surface area contributed by atoms with Gasteiger partial charge in [0.1, 0.15) is 6.04 Å². The van der Waals surface area contributed by atoms with E-state index in [-0.39, 0.29) is 13.2 Å². The van der Waals surface area contributed by atoms with Crippen LogP contribution in [0.5, 0.6) is 17.2 Å². The molecule has 17 heavy (non-hydrogen) atoms. The van der Waals surface area contributed by atoms with Crippen LogP contribution in [0.2, 0.25) is 0 Å². The van der Waals surface area contributed by atoms with Gasteiger partial charge in [-0.3, -0.25) is 4.79 Å². The topological polar surface area (TPSA) is 91.0 Å². The number of ether oxygens (including phenoxy) is 3. The molecule has 0 aromatic heterocycles. The summed E-state index contributed by atoms with van der Waals surface area (Å²) in [6, 6.07) is 2.48. The van der Waals surface area contributed by atoms with Crippen LogP contribution in [-0.2, 0) is 11.2 Å². The van der Waals surface area contributed by atoms with Gasteiger partial charge in [0, 0.05) is 0 Å². The molecule has 0 unspecified atom stereocenters. The first kappa shape index (κ1) is 11.5. The first-order valence-electron chi connectivity index (χ1n) is 5.06. The summed E-state index contributed by atoms with van der Waals surface area (Å²) in [5.41, 5.74) is 6.21. The zero-order valence-electron chi connectivity index (χ0n) is 9.30. The number of benzene rings is 1. The van der Waals surface area contributed by atoms with E-state index in [1.807, 2.05) is 0 Å². The van der Waals surface area contributed by atoms with Crippen LogP contribution in [0.4, 0.5) is 0 Å². The van der Waals surface area contributed by atoms with Crippen LogP contribution in [0.3, 0.4) is 0 Å². The van der Waals surface area contributed by atoms with Gasteiger partial charge < -0.3 is 25.1 Å². The molecule has 0 saturated carbocycles. The zero-order valence-corrected chi connectivity index (χ0v) is 9.30. The Bertz CT molecular complexity index is 446. The highest BCUT2D eigenvalue weighted by molar-refractivity contribution is 5.73. The molecule has 0 aliphatic carbocycles. The Morgan fingerprint density at radius 2 is 2.35 bits per heavy atom. The van der Waals surface area contributed by atoms with Crippen LogP contribution in [0, 0.1) is 0 Å². The maximum absolute atomic E-state index is 10.7. The molecule has 0 saturated heterocycles. The number of aliphatic carboxylic acids is 1. The van der Waals surface area contributed by atoms with E-state index in [1.165, 1.54) is 7.11 Å². The summed E-state index contributed by atoms with van der Waals surface area (Å²) in [6.07, 6.45) is 0.211. The van der Waals surface area contributed by atoms with E-state index in [1.54, 1.807) is 12.1 Å². The van der Waals surface area contributed by atoms with E-state index in [9.17, 15) is 4.79 Å². The van der Waals surface area contributed by atoms with Crippen LogP contribution < -0.4 is 19.9 Å². The Morgan fingerprint density at radius 1 is 1.59 bits per heavy atom. The molecule has 1 aromatic carbocycles. The van der Waals surface area contributed by atoms with Crippen molar-refractivity contribution in [2.45, 2.75) is 12.5 Å². The van der Waals surface area contributed by atoms with Gasteiger partial charge in [-0.05, 0) is 24.1 Å². The minimum absolute atomic E-state index is 0.139. The number of fused-ring (bicyclic) bond motifs is 1. The molecule has 0 amide bonds. The van der Waals surface area contributed by atoms with Gasteiger partial charge in [-0.2, -0.15) is 0 Å². The normalized spacial score (nSPS) is 14.5. The summed E-state index contributed by atoms with van der Waals surface area (Å²) in [4.78, 5) is 10.7. The summed E-state index contributed by atoms with van der Waals surface area (Å²) < 4.78 is 15.6. The number of methoxy groups -OCH3 is 1. The molecule has 1 aliphatic heterocycles. The number of carboxylic acid groups (broad SMARTS) is 1. The van der Waals surface area contributed by atoms with Gasteiger partial charge in [0.15, 0.2) is 11.5 Å². The lowest BCUT2D eigenvalue weighted by atomic mass is 10.1. The fraction of sp³-hybridized carbons (Fsp3) is 0.364. The summed E-state index contributed by atoms with van der Waals surface area (Å²) in [6.45, 7) is 0.139. The van der Waals surface area contributed by atoms with Gasteiger partial charge in [0.2, 0.25) is 12.5 Å². The van der Waals surface area contributed by atoms with Crippen molar-refractivity contribution in [1.29, 1.82) is 0 Å². The first-order valence-corrected chi connectivity index (χ1v) is 5.06. The molecule has 1 aromatic rings. The van der Waals surface area contributed by atoms with Gasteiger partial charge >= 0.3 is 5.97 Å². The molecule has 6 nitrogen and oxygen atoms in total. The van der Waals surface area contributed by atoms with Crippen molar-refractivity contribution in [3.8, 4) is 17.2 Å². The average molecular weight is 239 g/mol. The van der Waals surface area contributed by atoms with Crippen molar-refractivity contribution in [3.63, 3.8) is 0 Å². The number of carbonyl (C=O) groups is 1. The van der Waals surface area contributed by atoms with Gasteiger partial charge in [0.05, 0.1) is 7.11 Å². The minimum atomic E-state index is -1.04. The molecule has 1 aliphatic rings. The number of carboxylic acids is 1. The largest absolute Gasteiger partial charge is 0.493 e. The van der Waals surface area contributed by atoms with Crippen LogP contribution in [0.25, 0.3) is 0 Å². The van der Waals surface area contributed by atoms with Gasteiger partial charge in [0.25, 0.3) is 0 Å². The van der Waals surface area contributed by atoms with Crippen LogP contribution in [0.1, 0.15) is 5.56 Å². The molecule has 1 atom stereocenters. The highest BCUT2D eigenvalue weighted by atomic mass is 16.7. The highest BCUT2D eigenvalue weighted by Gasteiger charge is 2.21. The third kappa shape index (κ3) is 2.26. The van der Waals surface area contributed by atoms with Crippen molar-refractivity contribution in [3.05, 3.63) is 17.7 Å². The predicted molar refractivity (Wildman–Crippen MR) is 58.4 cm³/mol. The second-order valence-corrected chi connectivity index (χ2v) is 3.68. The molecule has 92 valence electrons. The SMILES string of the molecule is COc1cc(C[C@H](N)C(=O)O)cc2c1OCO2. The lowest BCUT2D eigenvalue weighted by Gasteiger charge is -2.10. The van der Waals surface area contributed by atoms with E-state index in [0.717, 1.165) is 5.56 Å². The van der Waals surface area contributed by atoms with Crippen molar-refractivity contribution >= 4 is 5.97 Å². The average Bonchev–Trinajstić information content (AvgIpc) is 2.75. The molecular weight excluding hydrogens is 226 g/mol. The molecule has 0 spiro atoms. The number of rotatable bonds is 4. The third-order valence-electron chi connectivity index (χ3n) is 2.49. The summed E-state index contributed by atoms with van der Waals surface area (Å²) in [5, 5.41) is 8.75. The van der Waals surface area contributed by atoms with E-state index in [4.69, 9.17) is 25.1 Å². The van der Waals surface area contributed by atoms with Crippen LogP contribution in [0.15, 0.2) is 12.1 Å². The van der Waals surface area contributed by atoms with Gasteiger partial charge in [-0.15, -0.1) is 0 Å². The molecule has 0 bridgehead atoms. The summed E-state index contributed by atoms with van der Waals surface area (Å²) >= 11 is 0. The first-order chi connectivity index (χ1) is 8.11. The summed E-state index contributed by atoms with van der Waals surface area (Å²) in [5.74, 6) is 0.575. The lowest BCUT2D eigenvalue weighted by molar-refractivity contribution is -0.138. The molecule has 1 heterocycles. The maximum Gasteiger partial charge on any atom is 0.320 e. The van der Waals surface area contributed by atoms with E-state index < -0.39 is 12.0 Å². The monoisotopic (exact) mass is 239 g/mol. The fourth-order valence-corrected chi connectivity index (χ4v) is 1.64. The van der Waals surface area contributed by atoms with Crippen molar-refractivity contribution in [1.82, 2.24) is 0 Å². The Labute approximate surface area is 97.9 Å². The smallest absolute Gasteiger partial charge is 0.320 e. The number of hydrogen-bond donors (Lipinski definition) is 2. The van der Waals surface area contributed by atoms with E-state index in [2.05, 4.69) is 0 Å². The lowest BCUT2D eigenvalue weighted by Crippen LogP contribution is -2.32. The molecular formula is C11H13NO5. The Balaban J connectivity index is 2.27. The van der Waals surface area contributed by atoms with Crippen molar-refractivity contribution in [2.75, 3.05) is 13.9 Å². The highest BCUT2D eigenvalue weighted by Crippen LogP contribution is 2.41. The van der Waals surface area contributed by atoms with Crippen molar-refractivity contribution in [2.24, 2.45) is 5.73 Å². The predicted octanol–water partition coefficient (Wildman–Crippen LogP) is 0.378. The number of nitrogens with two attached hydrogens (primary N) is 1. The number of hydrogen-bond acceptors (Lipinski definition) is 5. The standard InChI is InChI=1S/C11H13NO5/c1-15-8-3-6(2-7(12)11(13)14)4-9-10(8)17-5-16-9/h3-4,7H,2,5,12H2,1H3,(H,13,14)/t7-/m0/s1. The Hall–Kier alpha value is -1.95. The van der Waals surface area contributed by atoms with Gasteiger partial charge in [-0.25, -0.2) is 0 Å². The molecule has 3 N–H and O–H groups in total. The Kier molecular flexibility index (Phi) is 3.06. The minimum Gasteiger partial charge on any atom is -0.493 e. The molecule has 0 radical (unpaired) electrons. The Morgan fingerprint density at radius 3 is 3.00 bits per heavy atom. The second kappa shape index (κ2) is 4.50. The maximum atomic E-state index is 10.7. The van der Waals surface area contributed by atoms with Crippen LogP contribution in [-0.4, -0.2) is 31.0 Å². The fourth-order valence-electron chi connectivity index (χ4n) is 1.64. The quantitative estimate of drug-likeness (QED) is 0.789. The second-order valence-electron chi connectivity index (χ2n) is 3.68. The summed E-state index contributed by atoms with van der Waals surface area (Å²) in [7, 11) is 1.51. The zero-order chi connectivity index (χ0) is 12.4.